The van der Waals surface area contributed by atoms with Crippen LogP contribution in [0.3, 0.4) is 0 Å². The molecule has 0 spiro atoms. The van der Waals surface area contributed by atoms with Gasteiger partial charge in [-0.15, -0.1) is 0 Å². The van der Waals surface area contributed by atoms with E-state index in [1.807, 2.05) is 10.8 Å². The largest absolute Gasteiger partial charge is 0.341 e. The van der Waals surface area contributed by atoms with Crippen molar-refractivity contribution in [2.75, 3.05) is 40.3 Å². The number of piperazine rings is 1. The number of amides is 1. The molecule has 9 heteroatoms. The van der Waals surface area contributed by atoms with E-state index < -0.39 is 17.5 Å². The lowest BCUT2D eigenvalue weighted by atomic mass is 10.1. The molecule has 1 amide bonds. The Morgan fingerprint density at radius 2 is 1.87 bits per heavy atom. The maximum absolute atomic E-state index is 14.3. The predicted octanol–water partition coefficient (Wildman–Crippen LogP) is 2.57. The Morgan fingerprint density at radius 3 is 2.55 bits per heavy atom. The highest BCUT2D eigenvalue weighted by molar-refractivity contribution is 5.96. The molecule has 1 aliphatic rings. The van der Waals surface area contributed by atoms with Gasteiger partial charge in [0.05, 0.1) is 18.3 Å². The molecule has 7 nitrogen and oxygen atoms in total. The first-order chi connectivity index (χ1) is 14.8. The number of benzene rings is 1. The van der Waals surface area contributed by atoms with Gasteiger partial charge in [0, 0.05) is 63.0 Å². The molecule has 3 heterocycles. The van der Waals surface area contributed by atoms with Crippen molar-refractivity contribution in [1.82, 2.24) is 24.4 Å². The standard InChI is InChI=1S/C22H25F2N5O2/c1-26-5-7-28(8-6-26)12-16-14-29(13-15-3-4-17(23)9-19(15)24)21-11-25-20(10-18(16)21)22(30)27(2)31/h3-4,9-11,14,31H,5-8,12-13H2,1-2H3. The zero-order chi connectivity index (χ0) is 22.1. The summed E-state index contributed by atoms with van der Waals surface area (Å²) >= 11 is 0. The Hall–Kier alpha value is -2.88. The van der Waals surface area contributed by atoms with E-state index >= 15 is 0 Å². The van der Waals surface area contributed by atoms with Gasteiger partial charge in [0.15, 0.2) is 0 Å². The molecule has 1 aliphatic heterocycles. The van der Waals surface area contributed by atoms with E-state index in [2.05, 4.69) is 21.8 Å². The second-order valence-electron chi connectivity index (χ2n) is 8.01. The van der Waals surface area contributed by atoms with Gasteiger partial charge < -0.3 is 9.47 Å². The normalized spacial score (nSPS) is 15.5. The van der Waals surface area contributed by atoms with Crippen LogP contribution in [0, 0.1) is 11.6 Å². The number of carbonyl (C=O) groups excluding carboxylic acids is 1. The van der Waals surface area contributed by atoms with Crippen molar-refractivity contribution in [3.05, 3.63) is 65.1 Å². The summed E-state index contributed by atoms with van der Waals surface area (Å²) in [6, 6.07) is 5.20. The third-order valence-corrected chi connectivity index (χ3v) is 5.71. The maximum Gasteiger partial charge on any atom is 0.295 e. The summed E-state index contributed by atoms with van der Waals surface area (Å²) in [5.74, 6) is -1.83. The minimum Gasteiger partial charge on any atom is -0.341 e. The van der Waals surface area contributed by atoms with Crippen LogP contribution in [0.2, 0.25) is 0 Å². The van der Waals surface area contributed by atoms with Gasteiger partial charge in [-0.2, -0.15) is 0 Å². The number of pyridine rings is 1. The minimum atomic E-state index is -0.618. The van der Waals surface area contributed by atoms with Crippen LogP contribution < -0.4 is 0 Å². The van der Waals surface area contributed by atoms with Crippen LogP contribution in [-0.2, 0) is 13.1 Å². The first-order valence-electron chi connectivity index (χ1n) is 10.1. The molecule has 0 saturated carbocycles. The topological polar surface area (TPSA) is 64.8 Å². The molecule has 0 unspecified atom stereocenters. The highest BCUT2D eigenvalue weighted by Crippen LogP contribution is 2.25. The average molecular weight is 429 g/mol. The summed E-state index contributed by atoms with van der Waals surface area (Å²) in [5, 5.41) is 10.8. The van der Waals surface area contributed by atoms with Crippen molar-refractivity contribution < 1.29 is 18.8 Å². The molecule has 164 valence electrons. The van der Waals surface area contributed by atoms with Gasteiger partial charge in [-0.1, -0.05) is 6.07 Å². The SMILES string of the molecule is CN1CCN(Cc2cn(Cc3ccc(F)cc3F)c3cnc(C(=O)N(C)O)cc23)CC1. The van der Waals surface area contributed by atoms with E-state index in [4.69, 9.17) is 0 Å². The van der Waals surface area contributed by atoms with Crippen LogP contribution in [0.4, 0.5) is 8.78 Å². The van der Waals surface area contributed by atoms with Gasteiger partial charge in [-0.25, -0.2) is 18.8 Å². The second kappa shape index (κ2) is 8.70. The Labute approximate surface area is 179 Å². The molecule has 3 aromatic rings. The molecule has 2 aromatic heterocycles. The smallest absolute Gasteiger partial charge is 0.295 e. The summed E-state index contributed by atoms with van der Waals surface area (Å²) in [5.41, 5.74) is 2.21. The molecule has 0 bridgehead atoms. The minimum absolute atomic E-state index is 0.128. The second-order valence-corrected chi connectivity index (χ2v) is 8.01. The number of rotatable bonds is 5. The van der Waals surface area contributed by atoms with Crippen LogP contribution in [0.1, 0.15) is 21.6 Å². The number of carbonyl (C=O) groups is 1. The van der Waals surface area contributed by atoms with Crippen LogP contribution in [0.25, 0.3) is 10.9 Å². The molecule has 31 heavy (non-hydrogen) atoms. The van der Waals surface area contributed by atoms with E-state index in [1.165, 1.54) is 19.2 Å². The number of hydroxylamine groups is 2. The number of nitrogens with zero attached hydrogens (tertiary/aromatic N) is 5. The Morgan fingerprint density at radius 1 is 1.13 bits per heavy atom. The Balaban J connectivity index is 1.72. The molecule has 0 radical (unpaired) electrons. The number of fused-ring (bicyclic) bond motifs is 1. The average Bonchev–Trinajstić information content (AvgIpc) is 3.07. The zero-order valence-corrected chi connectivity index (χ0v) is 17.6. The van der Waals surface area contributed by atoms with Crippen LogP contribution in [0.5, 0.6) is 0 Å². The number of aromatic nitrogens is 2. The summed E-state index contributed by atoms with van der Waals surface area (Å²) in [6.07, 6.45) is 3.49. The summed E-state index contributed by atoms with van der Waals surface area (Å²) in [4.78, 5) is 21.0. The fourth-order valence-corrected chi connectivity index (χ4v) is 3.88. The number of halogens is 2. The number of hydrogen-bond donors (Lipinski definition) is 1. The van der Waals surface area contributed by atoms with Crippen molar-refractivity contribution >= 4 is 16.8 Å². The molecule has 4 rings (SSSR count). The van der Waals surface area contributed by atoms with E-state index in [-0.39, 0.29) is 12.2 Å². The van der Waals surface area contributed by atoms with Gasteiger partial charge in [0.1, 0.15) is 17.3 Å². The third kappa shape index (κ3) is 4.58. The van der Waals surface area contributed by atoms with Gasteiger partial charge in [-0.05, 0) is 24.7 Å². The van der Waals surface area contributed by atoms with E-state index in [9.17, 15) is 18.8 Å². The van der Waals surface area contributed by atoms with Crippen molar-refractivity contribution in [1.29, 1.82) is 0 Å². The molecule has 1 saturated heterocycles. The summed E-state index contributed by atoms with van der Waals surface area (Å²) < 4.78 is 29.4. The van der Waals surface area contributed by atoms with Gasteiger partial charge >= 0.3 is 0 Å². The fraction of sp³-hybridized carbons (Fsp3) is 0.364. The first kappa shape index (κ1) is 21.4. The first-order valence-corrected chi connectivity index (χ1v) is 10.1. The molecule has 1 aromatic carbocycles. The molecule has 0 aliphatic carbocycles. The highest BCUT2D eigenvalue weighted by atomic mass is 19.1. The number of hydrogen-bond acceptors (Lipinski definition) is 5. The van der Waals surface area contributed by atoms with E-state index in [0.717, 1.165) is 48.7 Å². The van der Waals surface area contributed by atoms with Crippen LogP contribution in [0.15, 0.2) is 36.7 Å². The fourth-order valence-electron chi connectivity index (χ4n) is 3.88. The Kier molecular flexibility index (Phi) is 5.99. The zero-order valence-electron chi connectivity index (χ0n) is 17.6. The van der Waals surface area contributed by atoms with E-state index in [0.29, 0.717) is 17.2 Å². The molecule has 0 atom stereocenters. The molecule has 1 N–H and O–H groups in total. The Bertz CT molecular complexity index is 1110. The number of likely N-dealkylation sites (N-methyl/N-ethyl adjacent to an activating group) is 1. The van der Waals surface area contributed by atoms with Crippen molar-refractivity contribution in [2.45, 2.75) is 13.1 Å². The van der Waals surface area contributed by atoms with Crippen molar-refractivity contribution in [2.24, 2.45) is 0 Å². The van der Waals surface area contributed by atoms with Crippen molar-refractivity contribution in [3.63, 3.8) is 0 Å². The lowest BCUT2D eigenvalue weighted by molar-refractivity contribution is -0.0379. The quantitative estimate of drug-likeness (QED) is 0.499. The van der Waals surface area contributed by atoms with Gasteiger partial charge in [0.25, 0.3) is 5.91 Å². The third-order valence-electron chi connectivity index (χ3n) is 5.71. The van der Waals surface area contributed by atoms with Crippen LogP contribution >= 0.6 is 0 Å². The van der Waals surface area contributed by atoms with Crippen LogP contribution in [-0.4, -0.2) is 75.8 Å². The lowest BCUT2D eigenvalue weighted by Gasteiger charge is -2.32. The molecular weight excluding hydrogens is 404 g/mol. The maximum atomic E-state index is 14.3. The van der Waals surface area contributed by atoms with Gasteiger partial charge in [-0.3, -0.25) is 14.9 Å². The highest BCUT2D eigenvalue weighted by Gasteiger charge is 2.20. The lowest BCUT2D eigenvalue weighted by Crippen LogP contribution is -2.43. The van der Waals surface area contributed by atoms with Crippen molar-refractivity contribution in [3.8, 4) is 0 Å². The summed E-state index contributed by atoms with van der Waals surface area (Å²) in [6.45, 7) is 4.67. The van der Waals surface area contributed by atoms with E-state index in [1.54, 1.807) is 12.3 Å². The predicted molar refractivity (Wildman–Crippen MR) is 112 cm³/mol. The monoisotopic (exact) mass is 429 g/mol. The molecular formula is C22H25F2N5O2. The summed E-state index contributed by atoms with van der Waals surface area (Å²) in [7, 11) is 3.34. The molecule has 1 fully saturated rings. The van der Waals surface area contributed by atoms with Gasteiger partial charge in [0.2, 0.25) is 0 Å².